The highest BCUT2D eigenvalue weighted by molar-refractivity contribution is 6.33. The van der Waals surface area contributed by atoms with E-state index in [-0.39, 0.29) is 0 Å². The fraction of sp³-hybridized carbons (Fsp3) is 0.267. The summed E-state index contributed by atoms with van der Waals surface area (Å²) in [5, 5.41) is 0.608. The van der Waals surface area contributed by atoms with Gasteiger partial charge in [0.25, 0.3) is 0 Å². The van der Waals surface area contributed by atoms with Crippen LogP contribution >= 0.6 is 11.6 Å². The van der Waals surface area contributed by atoms with Crippen molar-refractivity contribution in [3.05, 3.63) is 52.8 Å². The molecule has 0 spiro atoms. The molecule has 3 nitrogen and oxygen atoms in total. The minimum absolute atomic E-state index is 0.608. The molecule has 0 amide bonds. The Hall–Kier alpha value is -1.74. The first kappa shape index (κ1) is 13.7. The number of nitrogens with two attached hydrogens (primary N) is 1. The van der Waals surface area contributed by atoms with E-state index < -0.39 is 0 Å². The van der Waals surface area contributed by atoms with Crippen molar-refractivity contribution < 1.29 is 0 Å². The quantitative estimate of drug-likeness (QED) is 0.871. The first-order chi connectivity index (χ1) is 9.08. The van der Waals surface area contributed by atoms with Gasteiger partial charge in [-0.3, -0.25) is 4.98 Å². The number of nitrogens with zero attached hydrogens (tertiary/aromatic N) is 2. The lowest BCUT2D eigenvalue weighted by atomic mass is 10.1. The smallest absolute Gasteiger partial charge is 0.0656 e. The van der Waals surface area contributed by atoms with Crippen LogP contribution in [-0.4, -0.2) is 18.6 Å². The zero-order valence-corrected chi connectivity index (χ0v) is 12.0. The van der Waals surface area contributed by atoms with E-state index in [1.165, 1.54) is 5.56 Å². The Labute approximate surface area is 119 Å². The average molecular weight is 276 g/mol. The minimum Gasteiger partial charge on any atom is -0.398 e. The summed E-state index contributed by atoms with van der Waals surface area (Å²) in [5.41, 5.74) is 9.96. The van der Waals surface area contributed by atoms with Gasteiger partial charge in [-0.1, -0.05) is 11.6 Å². The highest BCUT2D eigenvalue weighted by Gasteiger charge is 2.08. The topological polar surface area (TPSA) is 42.1 Å². The van der Waals surface area contributed by atoms with E-state index in [1.54, 1.807) is 0 Å². The largest absolute Gasteiger partial charge is 0.398 e. The van der Waals surface area contributed by atoms with Gasteiger partial charge in [-0.15, -0.1) is 0 Å². The van der Waals surface area contributed by atoms with E-state index in [1.807, 2.05) is 43.6 Å². The number of benzene rings is 1. The SMILES string of the molecule is Cc1cc(N)c(Cl)cc1N(C)CCc1ccncc1. The fourth-order valence-corrected chi connectivity index (χ4v) is 2.23. The van der Waals surface area contributed by atoms with Gasteiger partial charge in [0.1, 0.15) is 0 Å². The molecule has 0 fully saturated rings. The molecule has 1 aromatic carbocycles. The van der Waals surface area contributed by atoms with E-state index in [4.69, 9.17) is 17.3 Å². The number of hydrogen-bond acceptors (Lipinski definition) is 3. The van der Waals surface area contributed by atoms with Crippen molar-refractivity contribution in [2.24, 2.45) is 0 Å². The number of anilines is 2. The second-order valence-corrected chi connectivity index (χ2v) is 5.09. The maximum absolute atomic E-state index is 6.09. The Morgan fingerprint density at radius 1 is 1.26 bits per heavy atom. The number of hydrogen-bond donors (Lipinski definition) is 1. The third kappa shape index (κ3) is 3.38. The number of likely N-dealkylation sites (N-methyl/N-ethyl adjacent to an activating group) is 1. The van der Waals surface area contributed by atoms with Crippen molar-refractivity contribution in [1.82, 2.24) is 4.98 Å². The summed E-state index contributed by atoms with van der Waals surface area (Å²) in [7, 11) is 2.07. The fourth-order valence-electron chi connectivity index (χ4n) is 2.07. The predicted molar refractivity (Wildman–Crippen MR) is 81.8 cm³/mol. The molecule has 0 aliphatic heterocycles. The summed E-state index contributed by atoms with van der Waals surface area (Å²) < 4.78 is 0. The zero-order valence-electron chi connectivity index (χ0n) is 11.2. The molecule has 19 heavy (non-hydrogen) atoms. The maximum Gasteiger partial charge on any atom is 0.0656 e. The van der Waals surface area contributed by atoms with E-state index in [0.29, 0.717) is 10.7 Å². The van der Waals surface area contributed by atoms with Crippen molar-refractivity contribution in [3.63, 3.8) is 0 Å². The van der Waals surface area contributed by atoms with Crippen LogP contribution in [0.4, 0.5) is 11.4 Å². The summed E-state index contributed by atoms with van der Waals surface area (Å²) in [4.78, 5) is 6.22. The number of rotatable bonds is 4. The lowest BCUT2D eigenvalue weighted by Crippen LogP contribution is -2.21. The molecule has 2 rings (SSSR count). The molecule has 0 bridgehead atoms. The maximum atomic E-state index is 6.09. The lowest BCUT2D eigenvalue weighted by molar-refractivity contribution is 0.871. The highest BCUT2D eigenvalue weighted by atomic mass is 35.5. The molecular formula is C15H18ClN3. The molecule has 2 aromatic rings. The Morgan fingerprint density at radius 2 is 1.95 bits per heavy atom. The summed E-state index contributed by atoms with van der Waals surface area (Å²) in [6.45, 7) is 2.97. The van der Waals surface area contributed by atoms with Crippen LogP contribution in [0, 0.1) is 6.92 Å². The van der Waals surface area contributed by atoms with Crippen molar-refractivity contribution in [1.29, 1.82) is 0 Å². The van der Waals surface area contributed by atoms with Crippen LogP contribution in [0.15, 0.2) is 36.7 Å². The van der Waals surface area contributed by atoms with Crippen molar-refractivity contribution in [2.75, 3.05) is 24.2 Å². The Kier molecular flexibility index (Phi) is 4.27. The van der Waals surface area contributed by atoms with Gasteiger partial charge in [0, 0.05) is 31.7 Å². The number of aryl methyl sites for hydroxylation is 1. The van der Waals surface area contributed by atoms with Crippen LogP contribution in [0.5, 0.6) is 0 Å². The van der Waals surface area contributed by atoms with E-state index in [0.717, 1.165) is 24.2 Å². The number of pyridine rings is 1. The molecule has 4 heteroatoms. The van der Waals surface area contributed by atoms with Gasteiger partial charge in [0.15, 0.2) is 0 Å². The summed E-state index contributed by atoms with van der Waals surface area (Å²) in [6, 6.07) is 7.92. The van der Waals surface area contributed by atoms with Crippen LogP contribution < -0.4 is 10.6 Å². The molecule has 100 valence electrons. The standard InChI is InChI=1S/C15H18ClN3/c1-11-9-14(17)13(16)10-15(11)19(2)8-5-12-3-6-18-7-4-12/h3-4,6-7,9-10H,5,8,17H2,1-2H3. The van der Waals surface area contributed by atoms with Gasteiger partial charge < -0.3 is 10.6 Å². The molecule has 0 aliphatic rings. The zero-order chi connectivity index (χ0) is 13.8. The van der Waals surface area contributed by atoms with Crippen molar-refractivity contribution in [3.8, 4) is 0 Å². The molecule has 0 unspecified atom stereocenters. The minimum atomic E-state index is 0.608. The molecule has 0 radical (unpaired) electrons. The van der Waals surface area contributed by atoms with E-state index in [2.05, 4.69) is 16.9 Å². The Morgan fingerprint density at radius 3 is 2.63 bits per heavy atom. The third-order valence-electron chi connectivity index (χ3n) is 3.21. The van der Waals surface area contributed by atoms with E-state index in [9.17, 15) is 0 Å². The Balaban J connectivity index is 2.08. The first-order valence-corrected chi connectivity index (χ1v) is 6.61. The van der Waals surface area contributed by atoms with Crippen molar-refractivity contribution >= 4 is 23.0 Å². The number of halogens is 1. The number of nitrogen functional groups attached to an aromatic ring is 1. The van der Waals surface area contributed by atoms with Crippen molar-refractivity contribution in [2.45, 2.75) is 13.3 Å². The molecule has 0 saturated heterocycles. The van der Waals surface area contributed by atoms with E-state index >= 15 is 0 Å². The van der Waals surface area contributed by atoms with Gasteiger partial charge in [0.05, 0.1) is 10.7 Å². The monoisotopic (exact) mass is 275 g/mol. The highest BCUT2D eigenvalue weighted by Crippen LogP contribution is 2.28. The summed E-state index contributed by atoms with van der Waals surface area (Å²) >= 11 is 6.09. The van der Waals surface area contributed by atoms with Gasteiger partial charge in [-0.2, -0.15) is 0 Å². The summed E-state index contributed by atoms with van der Waals surface area (Å²) in [5.74, 6) is 0. The second kappa shape index (κ2) is 5.93. The van der Waals surface area contributed by atoms with Gasteiger partial charge >= 0.3 is 0 Å². The second-order valence-electron chi connectivity index (χ2n) is 4.69. The normalized spacial score (nSPS) is 10.5. The number of aromatic nitrogens is 1. The van der Waals surface area contributed by atoms with Gasteiger partial charge in [0.2, 0.25) is 0 Å². The molecular weight excluding hydrogens is 258 g/mol. The van der Waals surface area contributed by atoms with Gasteiger partial charge in [-0.25, -0.2) is 0 Å². The molecule has 1 heterocycles. The van der Waals surface area contributed by atoms with Crippen LogP contribution in [-0.2, 0) is 6.42 Å². The van der Waals surface area contributed by atoms with Gasteiger partial charge in [-0.05, 0) is 48.7 Å². The third-order valence-corrected chi connectivity index (χ3v) is 3.54. The molecule has 1 aromatic heterocycles. The van der Waals surface area contributed by atoms with Crippen LogP contribution in [0.1, 0.15) is 11.1 Å². The van der Waals surface area contributed by atoms with Crippen LogP contribution in [0.25, 0.3) is 0 Å². The summed E-state index contributed by atoms with van der Waals surface area (Å²) in [6.07, 6.45) is 4.61. The lowest BCUT2D eigenvalue weighted by Gasteiger charge is -2.22. The molecule has 0 atom stereocenters. The van der Waals surface area contributed by atoms with Crippen LogP contribution in [0.2, 0.25) is 5.02 Å². The average Bonchev–Trinajstić information content (AvgIpc) is 2.41. The predicted octanol–water partition coefficient (Wildman–Crippen LogP) is 3.30. The van der Waals surface area contributed by atoms with Crippen LogP contribution in [0.3, 0.4) is 0 Å². The first-order valence-electron chi connectivity index (χ1n) is 6.23. The molecule has 0 aliphatic carbocycles. The molecule has 0 saturated carbocycles. The Bertz CT molecular complexity index is 555. The molecule has 2 N–H and O–H groups in total.